The second-order valence-corrected chi connectivity index (χ2v) is 5.66. The quantitative estimate of drug-likeness (QED) is 0.880. The van der Waals surface area contributed by atoms with Crippen LogP contribution in [-0.2, 0) is 13.0 Å². The number of nitrogens with two attached hydrogens (primary N) is 1. The molecule has 0 aliphatic rings. The summed E-state index contributed by atoms with van der Waals surface area (Å²) in [7, 11) is 0. The molecule has 2 aromatic rings. The van der Waals surface area contributed by atoms with Crippen molar-refractivity contribution in [3.63, 3.8) is 0 Å². The first-order chi connectivity index (χ1) is 9.20. The third-order valence-corrected chi connectivity index (χ3v) is 3.90. The number of ether oxygens (including phenoxy) is 1. The Kier molecular flexibility index (Phi) is 4.93. The number of aryl methyl sites for hydroxylation is 1. The van der Waals surface area contributed by atoms with Crippen molar-refractivity contribution in [3.8, 4) is 5.75 Å². The summed E-state index contributed by atoms with van der Waals surface area (Å²) in [5.41, 5.74) is 10.2. The van der Waals surface area contributed by atoms with Gasteiger partial charge in [0.05, 0.1) is 10.4 Å². The largest absolute Gasteiger partial charge is 0.487 e. The van der Waals surface area contributed by atoms with Crippen molar-refractivity contribution in [3.05, 3.63) is 45.9 Å². The molecule has 1 unspecified atom stereocenters. The molecule has 3 nitrogen and oxygen atoms in total. The minimum atomic E-state index is 0.188. The van der Waals surface area contributed by atoms with Crippen LogP contribution in [0.15, 0.2) is 29.9 Å². The molecule has 0 saturated heterocycles. The lowest BCUT2D eigenvalue weighted by Crippen LogP contribution is -2.21. The fourth-order valence-corrected chi connectivity index (χ4v) is 2.47. The van der Waals surface area contributed by atoms with Gasteiger partial charge in [-0.1, -0.05) is 25.1 Å². The molecule has 0 fully saturated rings. The molecule has 2 N–H and O–H groups in total. The maximum absolute atomic E-state index is 6.05. The first-order valence-corrected chi connectivity index (χ1v) is 7.43. The van der Waals surface area contributed by atoms with Gasteiger partial charge in [-0.3, -0.25) is 4.98 Å². The van der Waals surface area contributed by atoms with Gasteiger partial charge in [-0.15, -0.1) is 11.3 Å². The van der Waals surface area contributed by atoms with E-state index in [9.17, 15) is 0 Å². The lowest BCUT2D eigenvalue weighted by atomic mass is 10.0. The van der Waals surface area contributed by atoms with Crippen molar-refractivity contribution in [2.24, 2.45) is 5.73 Å². The van der Waals surface area contributed by atoms with E-state index in [1.807, 2.05) is 11.7 Å². The van der Waals surface area contributed by atoms with E-state index in [0.29, 0.717) is 6.61 Å². The van der Waals surface area contributed by atoms with E-state index < -0.39 is 0 Å². The number of aromatic nitrogens is 1. The smallest absolute Gasteiger partial charge is 0.126 e. The number of rotatable bonds is 6. The van der Waals surface area contributed by atoms with Gasteiger partial charge in [0.25, 0.3) is 0 Å². The normalized spacial score (nSPS) is 12.4. The highest BCUT2D eigenvalue weighted by Gasteiger charge is 2.10. The van der Waals surface area contributed by atoms with Crippen LogP contribution in [0.3, 0.4) is 0 Å². The standard InChI is InChI=1S/C15H20N2OS/c1-3-13(16)7-12-6-4-5-11(2)15(12)18-9-14-8-17-10-19-14/h4-6,8,10,13H,3,7,9,16H2,1-2H3. The number of para-hydroxylation sites is 1. The lowest BCUT2D eigenvalue weighted by molar-refractivity contribution is 0.303. The van der Waals surface area contributed by atoms with Crippen LogP contribution in [0.5, 0.6) is 5.75 Å². The minimum absolute atomic E-state index is 0.188. The van der Waals surface area contributed by atoms with Crippen molar-refractivity contribution in [1.29, 1.82) is 0 Å². The number of thiazole rings is 1. The van der Waals surface area contributed by atoms with Gasteiger partial charge in [0.2, 0.25) is 0 Å². The van der Waals surface area contributed by atoms with E-state index in [0.717, 1.165) is 29.0 Å². The number of nitrogens with zero attached hydrogens (tertiary/aromatic N) is 1. The molecule has 0 aliphatic heterocycles. The second-order valence-electron chi connectivity index (χ2n) is 4.69. The van der Waals surface area contributed by atoms with Crippen molar-refractivity contribution >= 4 is 11.3 Å². The summed E-state index contributed by atoms with van der Waals surface area (Å²) in [5, 5.41) is 0. The molecule has 0 saturated carbocycles. The summed E-state index contributed by atoms with van der Waals surface area (Å²) in [6.45, 7) is 4.76. The Morgan fingerprint density at radius 1 is 1.42 bits per heavy atom. The van der Waals surface area contributed by atoms with Crippen LogP contribution in [-0.4, -0.2) is 11.0 Å². The molecule has 1 aromatic carbocycles. The fourth-order valence-electron chi connectivity index (χ4n) is 1.96. The Morgan fingerprint density at radius 2 is 2.26 bits per heavy atom. The van der Waals surface area contributed by atoms with Crippen molar-refractivity contribution in [2.45, 2.75) is 39.3 Å². The zero-order valence-corrected chi connectivity index (χ0v) is 12.2. The van der Waals surface area contributed by atoms with Crippen LogP contribution in [0, 0.1) is 6.92 Å². The summed E-state index contributed by atoms with van der Waals surface area (Å²) in [4.78, 5) is 5.19. The van der Waals surface area contributed by atoms with E-state index in [2.05, 4.69) is 37.0 Å². The van der Waals surface area contributed by atoms with Gasteiger partial charge in [-0.2, -0.15) is 0 Å². The molecule has 4 heteroatoms. The molecule has 0 bridgehead atoms. The van der Waals surface area contributed by atoms with Crippen molar-refractivity contribution in [2.75, 3.05) is 0 Å². The molecule has 0 spiro atoms. The zero-order chi connectivity index (χ0) is 13.7. The van der Waals surface area contributed by atoms with Gasteiger partial charge >= 0.3 is 0 Å². The summed E-state index contributed by atoms with van der Waals surface area (Å²) >= 11 is 1.61. The summed E-state index contributed by atoms with van der Waals surface area (Å²) in [6, 6.07) is 6.42. The Labute approximate surface area is 118 Å². The van der Waals surface area contributed by atoms with E-state index in [1.54, 1.807) is 11.3 Å². The van der Waals surface area contributed by atoms with Gasteiger partial charge in [0.15, 0.2) is 0 Å². The van der Waals surface area contributed by atoms with Crippen LogP contribution in [0.1, 0.15) is 29.3 Å². The second kappa shape index (κ2) is 6.68. The number of benzene rings is 1. The average Bonchev–Trinajstić information content (AvgIpc) is 2.91. The molecule has 2 rings (SSSR count). The fraction of sp³-hybridized carbons (Fsp3) is 0.400. The van der Waals surface area contributed by atoms with E-state index in [4.69, 9.17) is 10.5 Å². The van der Waals surface area contributed by atoms with Crippen LogP contribution in [0.4, 0.5) is 0 Å². The van der Waals surface area contributed by atoms with Crippen molar-refractivity contribution < 1.29 is 4.74 Å². The summed E-state index contributed by atoms with van der Waals surface area (Å²) < 4.78 is 5.97. The molecule has 0 aliphatic carbocycles. The Bertz CT molecular complexity index is 511. The van der Waals surface area contributed by atoms with Crippen molar-refractivity contribution in [1.82, 2.24) is 4.98 Å². The maximum atomic E-state index is 6.05. The van der Waals surface area contributed by atoms with Gasteiger partial charge in [0.1, 0.15) is 12.4 Å². The third kappa shape index (κ3) is 3.78. The lowest BCUT2D eigenvalue weighted by Gasteiger charge is -2.16. The minimum Gasteiger partial charge on any atom is -0.487 e. The van der Waals surface area contributed by atoms with E-state index >= 15 is 0 Å². The molecule has 1 atom stereocenters. The Morgan fingerprint density at radius 3 is 2.95 bits per heavy atom. The van der Waals surface area contributed by atoms with Crippen LogP contribution < -0.4 is 10.5 Å². The highest BCUT2D eigenvalue weighted by Crippen LogP contribution is 2.26. The SMILES string of the molecule is CCC(N)Cc1cccc(C)c1OCc1cncs1. The average molecular weight is 276 g/mol. The number of hydrogen-bond donors (Lipinski definition) is 1. The molecule has 0 amide bonds. The predicted molar refractivity (Wildman–Crippen MR) is 79.6 cm³/mol. The first kappa shape index (κ1) is 14.0. The molecule has 0 radical (unpaired) electrons. The number of hydrogen-bond acceptors (Lipinski definition) is 4. The molecule has 1 aromatic heterocycles. The summed E-state index contributed by atoms with van der Waals surface area (Å²) in [5.74, 6) is 0.972. The maximum Gasteiger partial charge on any atom is 0.126 e. The van der Waals surface area contributed by atoms with E-state index in [1.165, 1.54) is 5.56 Å². The molecular weight excluding hydrogens is 256 g/mol. The van der Waals surface area contributed by atoms with Gasteiger partial charge < -0.3 is 10.5 Å². The topological polar surface area (TPSA) is 48.1 Å². The van der Waals surface area contributed by atoms with Gasteiger partial charge in [0, 0.05) is 12.2 Å². The predicted octanol–water partition coefficient (Wildman–Crippen LogP) is 3.31. The highest BCUT2D eigenvalue weighted by molar-refractivity contribution is 7.09. The molecular formula is C15H20N2OS. The van der Waals surface area contributed by atoms with Crippen LogP contribution in [0.2, 0.25) is 0 Å². The third-order valence-electron chi connectivity index (χ3n) is 3.14. The zero-order valence-electron chi connectivity index (χ0n) is 11.4. The molecule has 1 heterocycles. The van der Waals surface area contributed by atoms with Crippen LogP contribution in [0.25, 0.3) is 0 Å². The first-order valence-electron chi connectivity index (χ1n) is 6.55. The monoisotopic (exact) mass is 276 g/mol. The van der Waals surface area contributed by atoms with Crippen LogP contribution >= 0.6 is 11.3 Å². The Hall–Kier alpha value is -1.39. The molecule has 102 valence electrons. The molecule has 19 heavy (non-hydrogen) atoms. The van der Waals surface area contributed by atoms with E-state index in [-0.39, 0.29) is 6.04 Å². The summed E-state index contributed by atoms with van der Waals surface area (Å²) in [6.07, 6.45) is 3.68. The van der Waals surface area contributed by atoms with Gasteiger partial charge in [-0.25, -0.2) is 0 Å². The Balaban J connectivity index is 2.13. The highest BCUT2D eigenvalue weighted by atomic mass is 32.1. The van der Waals surface area contributed by atoms with Gasteiger partial charge in [-0.05, 0) is 30.9 Å².